The quantitative estimate of drug-likeness (QED) is 0.564. The third-order valence-corrected chi connectivity index (χ3v) is 2.19. The molecule has 0 aromatic carbocycles. The molecule has 2 heterocycles. The van der Waals surface area contributed by atoms with Crippen LogP contribution in [0.1, 0.15) is 18.7 Å². The van der Waals surface area contributed by atoms with Crippen molar-refractivity contribution in [2.45, 2.75) is 13.0 Å². The summed E-state index contributed by atoms with van der Waals surface area (Å²) in [7, 11) is 0. The van der Waals surface area contributed by atoms with Crippen LogP contribution in [0.3, 0.4) is 0 Å². The minimum absolute atomic E-state index is 0.452. The topological polar surface area (TPSA) is 79.6 Å². The summed E-state index contributed by atoms with van der Waals surface area (Å²) in [5.74, 6) is -1.31. The third kappa shape index (κ3) is 1.39. The van der Waals surface area contributed by atoms with Crippen molar-refractivity contribution in [1.29, 1.82) is 0 Å². The monoisotopic (exact) mass is 208 g/mol. The van der Waals surface area contributed by atoms with Crippen molar-refractivity contribution in [1.82, 2.24) is 10.2 Å². The van der Waals surface area contributed by atoms with Gasteiger partial charge in [0.15, 0.2) is 0 Å². The Morgan fingerprint density at radius 1 is 1.40 bits per heavy atom. The number of imide groups is 2. The van der Waals surface area contributed by atoms with E-state index in [2.05, 4.69) is 0 Å². The largest absolute Gasteiger partial charge is 0.467 e. The van der Waals surface area contributed by atoms with Gasteiger partial charge in [0.25, 0.3) is 0 Å². The summed E-state index contributed by atoms with van der Waals surface area (Å²) < 4.78 is 5.05. The maximum Gasteiger partial charge on any atom is 0.332 e. The SMILES string of the molecule is CC(c1ccco1)N1C(=O)NC(=O)C1=O. The molecule has 1 N–H and O–H groups in total. The minimum Gasteiger partial charge on any atom is -0.467 e. The van der Waals surface area contributed by atoms with E-state index in [4.69, 9.17) is 4.42 Å². The number of rotatable bonds is 2. The Hall–Kier alpha value is -2.11. The second kappa shape index (κ2) is 3.23. The van der Waals surface area contributed by atoms with E-state index in [-0.39, 0.29) is 0 Å². The zero-order chi connectivity index (χ0) is 11.0. The molecule has 1 unspecified atom stereocenters. The minimum atomic E-state index is -0.904. The fourth-order valence-corrected chi connectivity index (χ4v) is 1.42. The van der Waals surface area contributed by atoms with Crippen molar-refractivity contribution in [3.05, 3.63) is 24.2 Å². The summed E-state index contributed by atoms with van der Waals surface area (Å²) in [5.41, 5.74) is 0. The van der Waals surface area contributed by atoms with Crippen LogP contribution in [-0.4, -0.2) is 22.7 Å². The van der Waals surface area contributed by atoms with E-state index in [1.807, 2.05) is 5.32 Å². The molecule has 0 aliphatic carbocycles. The number of urea groups is 1. The van der Waals surface area contributed by atoms with E-state index in [1.165, 1.54) is 6.26 Å². The highest BCUT2D eigenvalue weighted by Crippen LogP contribution is 2.22. The number of hydrogen-bond acceptors (Lipinski definition) is 4. The number of amides is 4. The van der Waals surface area contributed by atoms with E-state index >= 15 is 0 Å². The second-order valence-corrected chi connectivity index (χ2v) is 3.13. The first-order chi connectivity index (χ1) is 7.11. The van der Waals surface area contributed by atoms with Gasteiger partial charge in [-0.05, 0) is 19.1 Å². The zero-order valence-electron chi connectivity index (χ0n) is 7.89. The Morgan fingerprint density at radius 2 is 2.13 bits per heavy atom. The maximum atomic E-state index is 11.3. The van der Waals surface area contributed by atoms with Crippen LogP contribution in [0.2, 0.25) is 0 Å². The molecule has 0 radical (unpaired) electrons. The van der Waals surface area contributed by atoms with Crippen LogP contribution in [0.5, 0.6) is 0 Å². The molecule has 6 heteroatoms. The van der Waals surface area contributed by atoms with E-state index in [1.54, 1.807) is 19.1 Å². The van der Waals surface area contributed by atoms with Gasteiger partial charge < -0.3 is 4.42 Å². The van der Waals surface area contributed by atoms with Gasteiger partial charge in [-0.1, -0.05) is 0 Å². The number of carbonyl (C=O) groups is 3. The lowest BCUT2D eigenvalue weighted by molar-refractivity contribution is -0.141. The smallest absolute Gasteiger partial charge is 0.332 e. The van der Waals surface area contributed by atoms with Crippen molar-refractivity contribution >= 4 is 17.8 Å². The molecule has 2 rings (SSSR count). The van der Waals surface area contributed by atoms with Crippen LogP contribution in [0.4, 0.5) is 4.79 Å². The first kappa shape index (κ1) is 9.45. The van der Waals surface area contributed by atoms with Gasteiger partial charge in [-0.2, -0.15) is 0 Å². The number of nitrogens with one attached hydrogen (secondary N) is 1. The molecule has 78 valence electrons. The van der Waals surface area contributed by atoms with Gasteiger partial charge in [0, 0.05) is 0 Å². The lowest BCUT2D eigenvalue weighted by atomic mass is 10.2. The van der Waals surface area contributed by atoms with Crippen molar-refractivity contribution < 1.29 is 18.8 Å². The summed E-state index contributed by atoms with van der Waals surface area (Å²) in [6.07, 6.45) is 1.44. The van der Waals surface area contributed by atoms with E-state index in [9.17, 15) is 14.4 Å². The molecule has 1 aliphatic rings. The second-order valence-electron chi connectivity index (χ2n) is 3.13. The van der Waals surface area contributed by atoms with Gasteiger partial charge in [-0.25, -0.2) is 9.69 Å². The molecular weight excluding hydrogens is 200 g/mol. The van der Waals surface area contributed by atoms with Gasteiger partial charge in [-0.15, -0.1) is 0 Å². The molecule has 1 saturated heterocycles. The fourth-order valence-electron chi connectivity index (χ4n) is 1.42. The average molecular weight is 208 g/mol. The Morgan fingerprint density at radius 3 is 2.60 bits per heavy atom. The summed E-state index contributed by atoms with van der Waals surface area (Å²) in [6, 6.07) is 1.98. The molecule has 0 saturated carbocycles. The molecule has 6 nitrogen and oxygen atoms in total. The highest BCUT2D eigenvalue weighted by Gasteiger charge is 2.41. The van der Waals surface area contributed by atoms with Gasteiger partial charge in [0.05, 0.1) is 12.3 Å². The first-order valence-electron chi connectivity index (χ1n) is 4.33. The van der Waals surface area contributed by atoms with Crippen LogP contribution in [-0.2, 0) is 9.59 Å². The number of carbonyl (C=O) groups excluding carboxylic acids is 3. The highest BCUT2D eigenvalue weighted by molar-refractivity contribution is 6.44. The van der Waals surface area contributed by atoms with Crippen LogP contribution in [0.25, 0.3) is 0 Å². The Bertz CT molecular complexity index is 423. The Balaban J connectivity index is 2.28. The molecule has 1 aromatic rings. The predicted molar refractivity (Wildman–Crippen MR) is 47.5 cm³/mol. The highest BCUT2D eigenvalue weighted by atomic mass is 16.3. The zero-order valence-corrected chi connectivity index (χ0v) is 7.89. The van der Waals surface area contributed by atoms with E-state index < -0.39 is 23.9 Å². The lowest BCUT2D eigenvalue weighted by Crippen LogP contribution is -2.33. The Labute approximate surface area is 84.8 Å². The third-order valence-electron chi connectivity index (χ3n) is 2.19. The summed E-state index contributed by atoms with van der Waals surface area (Å²) in [5, 5.41) is 1.92. The number of hydrogen-bond donors (Lipinski definition) is 1. The fraction of sp³-hybridized carbons (Fsp3) is 0.222. The molecular formula is C9H8N2O4. The van der Waals surface area contributed by atoms with Crippen LogP contribution >= 0.6 is 0 Å². The molecule has 1 aliphatic heterocycles. The number of nitrogens with zero attached hydrogens (tertiary/aromatic N) is 1. The van der Waals surface area contributed by atoms with Crippen molar-refractivity contribution in [3.8, 4) is 0 Å². The van der Waals surface area contributed by atoms with Crippen molar-refractivity contribution in [2.24, 2.45) is 0 Å². The predicted octanol–water partition coefficient (Wildman–Crippen LogP) is 0.419. The van der Waals surface area contributed by atoms with E-state index in [0.29, 0.717) is 5.76 Å². The molecule has 1 aromatic heterocycles. The molecule has 1 fully saturated rings. The molecule has 1 atom stereocenters. The molecule has 15 heavy (non-hydrogen) atoms. The summed E-state index contributed by atoms with van der Waals surface area (Å²) in [4.78, 5) is 34.3. The van der Waals surface area contributed by atoms with Gasteiger partial charge in [0.2, 0.25) is 0 Å². The first-order valence-corrected chi connectivity index (χ1v) is 4.33. The van der Waals surface area contributed by atoms with Crippen molar-refractivity contribution in [2.75, 3.05) is 0 Å². The van der Waals surface area contributed by atoms with Crippen LogP contribution in [0, 0.1) is 0 Å². The maximum absolute atomic E-state index is 11.3. The average Bonchev–Trinajstić information content (AvgIpc) is 2.76. The van der Waals surface area contributed by atoms with Crippen LogP contribution < -0.4 is 5.32 Å². The molecule has 0 bridgehead atoms. The van der Waals surface area contributed by atoms with Crippen molar-refractivity contribution in [3.63, 3.8) is 0 Å². The molecule has 0 spiro atoms. The van der Waals surface area contributed by atoms with Gasteiger partial charge in [-0.3, -0.25) is 14.9 Å². The summed E-state index contributed by atoms with van der Waals surface area (Å²) >= 11 is 0. The summed E-state index contributed by atoms with van der Waals surface area (Å²) in [6.45, 7) is 1.61. The number of furan rings is 1. The van der Waals surface area contributed by atoms with Crippen LogP contribution in [0.15, 0.2) is 22.8 Å². The van der Waals surface area contributed by atoms with Gasteiger partial charge >= 0.3 is 17.8 Å². The standard InChI is InChI=1S/C9H8N2O4/c1-5(6-3-2-4-15-6)11-8(13)7(12)10-9(11)14/h2-5H,1H3,(H,10,12,14). The Kier molecular flexibility index (Phi) is 2.03. The van der Waals surface area contributed by atoms with E-state index in [0.717, 1.165) is 4.90 Å². The van der Waals surface area contributed by atoms with Gasteiger partial charge in [0.1, 0.15) is 5.76 Å². The normalized spacial score (nSPS) is 18.2. The molecule has 4 amide bonds. The lowest BCUT2D eigenvalue weighted by Gasteiger charge is -2.17.